The van der Waals surface area contributed by atoms with Gasteiger partial charge < -0.3 is 9.84 Å². The number of fused-ring (bicyclic) bond motifs is 2. The molecule has 0 saturated heterocycles. The van der Waals surface area contributed by atoms with E-state index in [1.165, 1.54) is 6.20 Å². The molecule has 1 aromatic heterocycles. The van der Waals surface area contributed by atoms with Crippen molar-refractivity contribution >= 4 is 17.4 Å². The smallest absolute Gasteiger partial charge is 0.255 e. The van der Waals surface area contributed by atoms with Crippen LogP contribution in [0.4, 0.5) is 4.39 Å². The maximum atomic E-state index is 14.1. The van der Waals surface area contributed by atoms with E-state index in [9.17, 15) is 14.3 Å². The number of nitrogens with zero attached hydrogens (tertiary/aromatic N) is 1. The van der Waals surface area contributed by atoms with Gasteiger partial charge >= 0.3 is 0 Å². The predicted octanol–water partition coefficient (Wildman–Crippen LogP) is 5.36. The van der Waals surface area contributed by atoms with Crippen molar-refractivity contribution in [2.75, 3.05) is 0 Å². The molecule has 0 spiro atoms. The Hall–Kier alpha value is -1.98. The molecule has 4 aliphatic rings. The van der Waals surface area contributed by atoms with Gasteiger partial charge in [-0.25, -0.2) is 9.37 Å². The lowest BCUT2D eigenvalue weighted by molar-refractivity contribution is -0.127. The van der Waals surface area contributed by atoms with Gasteiger partial charge in [0.2, 0.25) is 0 Å². The van der Waals surface area contributed by atoms with Crippen LogP contribution in [-0.2, 0) is 4.79 Å². The number of rotatable bonds is 3. The number of ketones is 1. The molecule has 158 valence electrons. The molecule has 0 amide bonds. The number of ether oxygens (including phenoxy) is 1. The summed E-state index contributed by atoms with van der Waals surface area (Å²) in [5.41, 5.74) is 2.61. The summed E-state index contributed by atoms with van der Waals surface area (Å²) in [7, 11) is 0. The number of halogens is 2. The van der Waals surface area contributed by atoms with Crippen LogP contribution in [0.15, 0.2) is 24.4 Å². The molecule has 4 fully saturated rings. The lowest BCUT2D eigenvalue weighted by atomic mass is 9.59. The van der Waals surface area contributed by atoms with Crippen LogP contribution in [0.1, 0.15) is 48.3 Å². The van der Waals surface area contributed by atoms with Crippen LogP contribution in [0.5, 0.6) is 11.6 Å². The minimum atomic E-state index is -0.636. The highest BCUT2D eigenvalue weighted by Gasteiger charge is 2.59. The number of hydrogen-bond donors (Lipinski definition) is 1. The van der Waals surface area contributed by atoms with Crippen LogP contribution in [0.25, 0.3) is 0 Å². The van der Waals surface area contributed by atoms with Crippen LogP contribution in [-0.4, -0.2) is 22.0 Å². The van der Waals surface area contributed by atoms with E-state index in [1.54, 1.807) is 12.1 Å². The van der Waals surface area contributed by atoms with Crippen molar-refractivity contribution in [1.29, 1.82) is 0 Å². The fourth-order valence-electron chi connectivity index (χ4n) is 6.39. The minimum Gasteiger partial charge on any atom is -0.436 e. The van der Waals surface area contributed by atoms with Gasteiger partial charge in [0.25, 0.3) is 5.88 Å². The highest BCUT2D eigenvalue weighted by molar-refractivity contribution is 6.30. The first-order valence-electron chi connectivity index (χ1n) is 10.7. The lowest BCUT2D eigenvalue weighted by Crippen LogP contribution is -2.42. The normalized spacial score (nSPS) is 32.4. The second-order valence-corrected chi connectivity index (χ2v) is 9.60. The van der Waals surface area contributed by atoms with Crippen molar-refractivity contribution in [1.82, 2.24) is 4.98 Å². The van der Waals surface area contributed by atoms with E-state index in [1.807, 2.05) is 13.8 Å². The Labute approximate surface area is 180 Å². The molecular weight excluding hydrogens is 405 g/mol. The van der Waals surface area contributed by atoms with E-state index in [0.29, 0.717) is 17.6 Å². The summed E-state index contributed by atoms with van der Waals surface area (Å²) in [4.78, 5) is 17.3. The van der Waals surface area contributed by atoms with E-state index in [4.69, 9.17) is 16.3 Å². The zero-order valence-corrected chi connectivity index (χ0v) is 17.8. The lowest BCUT2D eigenvalue weighted by Gasteiger charge is -2.45. The fraction of sp³-hybridized carbons (Fsp3) is 0.500. The summed E-state index contributed by atoms with van der Waals surface area (Å²) >= 11 is 5.75. The van der Waals surface area contributed by atoms with Gasteiger partial charge in [-0.15, -0.1) is 0 Å². The van der Waals surface area contributed by atoms with Crippen molar-refractivity contribution < 1.29 is 19.0 Å². The van der Waals surface area contributed by atoms with Gasteiger partial charge in [-0.3, -0.25) is 4.79 Å². The van der Waals surface area contributed by atoms with Crippen LogP contribution in [0.2, 0.25) is 5.02 Å². The Kier molecular flexibility index (Phi) is 4.86. The Morgan fingerprint density at radius 2 is 1.73 bits per heavy atom. The van der Waals surface area contributed by atoms with E-state index >= 15 is 0 Å². The summed E-state index contributed by atoms with van der Waals surface area (Å²) in [5, 5.41) is 11.4. The van der Waals surface area contributed by atoms with Crippen LogP contribution < -0.4 is 4.74 Å². The molecule has 1 aromatic carbocycles. The summed E-state index contributed by atoms with van der Waals surface area (Å²) in [6.07, 6.45) is 5.19. The molecule has 1 N–H and O–H groups in total. The third kappa shape index (κ3) is 3.05. The predicted molar refractivity (Wildman–Crippen MR) is 111 cm³/mol. The third-order valence-corrected chi connectivity index (χ3v) is 7.73. The van der Waals surface area contributed by atoms with Gasteiger partial charge in [0.05, 0.1) is 17.0 Å². The molecule has 1 heterocycles. The Morgan fingerprint density at radius 3 is 2.33 bits per heavy atom. The zero-order chi connectivity index (χ0) is 21.2. The number of hydrogen-bond acceptors (Lipinski definition) is 4. The quantitative estimate of drug-likeness (QED) is 0.713. The molecule has 4 aliphatic carbocycles. The topological polar surface area (TPSA) is 59.4 Å². The van der Waals surface area contributed by atoms with Gasteiger partial charge in [0.1, 0.15) is 11.5 Å². The molecule has 30 heavy (non-hydrogen) atoms. The Balaban J connectivity index is 1.47. The fourth-order valence-corrected chi connectivity index (χ4v) is 6.54. The molecule has 4 atom stereocenters. The van der Waals surface area contributed by atoms with Crippen LogP contribution >= 0.6 is 11.6 Å². The number of benzene rings is 1. The second-order valence-electron chi connectivity index (χ2n) is 9.16. The number of carbonyl (C=O) groups excluding carboxylic acids is 1. The number of aromatic nitrogens is 1. The molecule has 2 aromatic rings. The molecule has 4 saturated carbocycles. The van der Waals surface area contributed by atoms with E-state index < -0.39 is 17.8 Å². The Morgan fingerprint density at radius 1 is 1.10 bits per heavy atom. The minimum absolute atomic E-state index is 0.000380. The maximum Gasteiger partial charge on any atom is 0.255 e. The van der Waals surface area contributed by atoms with E-state index in [0.717, 1.165) is 48.4 Å². The third-order valence-electron chi connectivity index (χ3n) is 7.52. The maximum absolute atomic E-state index is 14.1. The van der Waals surface area contributed by atoms with Gasteiger partial charge in [-0.1, -0.05) is 11.6 Å². The molecule has 0 radical (unpaired) electrons. The first-order chi connectivity index (χ1) is 14.3. The number of carbonyl (C=O) groups is 1. The van der Waals surface area contributed by atoms with Crippen molar-refractivity contribution in [3.8, 4) is 11.6 Å². The summed E-state index contributed by atoms with van der Waals surface area (Å²) in [5.74, 6) is 0.359. The molecule has 2 bridgehead atoms. The first-order valence-corrected chi connectivity index (χ1v) is 11.0. The van der Waals surface area contributed by atoms with Crippen LogP contribution in [0.3, 0.4) is 0 Å². The molecule has 4 nitrogen and oxygen atoms in total. The average Bonchev–Trinajstić information content (AvgIpc) is 2.98. The highest BCUT2D eigenvalue weighted by Crippen LogP contribution is 2.58. The van der Waals surface area contributed by atoms with E-state index in [2.05, 4.69) is 4.98 Å². The first kappa shape index (κ1) is 20.0. The molecule has 6 rings (SSSR count). The number of Topliss-reactive ketones (excluding diaryl/α,β-unsaturated/α-hetero) is 1. The SMILES string of the molecule is Cc1cc(Oc2ncc(Cl)cc2F)cc(C)c1C1C(=O)C2C3CCC(CC3)C2C1O. The summed E-state index contributed by atoms with van der Waals surface area (Å²) < 4.78 is 19.7. The number of aliphatic hydroxyl groups is 1. The number of pyridine rings is 1. The van der Waals surface area contributed by atoms with Crippen LogP contribution in [0, 0.1) is 43.3 Å². The Bertz CT molecular complexity index is 995. The second kappa shape index (κ2) is 7.31. The zero-order valence-electron chi connectivity index (χ0n) is 17.1. The number of aryl methyl sites for hydroxylation is 2. The van der Waals surface area contributed by atoms with Crippen molar-refractivity contribution in [2.45, 2.75) is 51.6 Å². The largest absolute Gasteiger partial charge is 0.436 e. The monoisotopic (exact) mass is 429 g/mol. The van der Waals surface area contributed by atoms with Gasteiger partial charge in [0, 0.05) is 12.1 Å². The average molecular weight is 430 g/mol. The van der Waals surface area contributed by atoms with Crippen molar-refractivity contribution in [2.24, 2.45) is 23.7 Å². The van der Waals surface area contributed by atoms with E-state index in [-0.39, 0.29) is 28.5 Å². The summed E-state index contributed by atoms with van der Waals surface area (Å²) in [6, 6.07) is 4.73. The molecule has 0 aliphatic heterocycles. The molecular formula is C24H25ClFNO3. The van der Waals surface area contributed by atoms with Gasteiger partial charge in [0.15, 0.2) is 5.82 Å². The highest BCUT2D eigenvalue weighted by atomic mass is 35.5. The van der Waals surface area contributed by atoms with Crippen molar-refractivity contribution in [3.63, 3.8) is 0 Å². The summed E-state index contributed by atoms with van der Waals surface area (Å²) in [6.45, 7) is 3.83. The van der Waals surface area contributed by atoms with Gasteiger partial charge in [-0.2, -0.15) is 0 Å². The molecule has 4 unspecified atom stereocenters. The van der Waals surface area contributed by atoms with Gasteiger partial charge in [-0.05, 0) is 92.2 Å². The number of aliphatic hydroxyl groups excluding tert-OH is 1. The standard InChI is InChI=1S/C24H25ClFNO3/c1-11-7-16(30-24-17(26)9-15(25)10-27-24)8-12(2)18(11)21-22(28)19-13-3-4-14(6-5-13)20(19)23(21)29/h7-10,13-14,19-22,28H,3-6H2,1-2H3. The molecule has 6 heteroatoms. The van der Waals surface area contributed by atoms with Crippen molar-refractivity contribution in [3.05, 3.63) is 51.9 Å².